The third-order valence-electron chi connectivity index (χ3n) is 4.25. The molecule has 22 heavy (non-hydrogen) atoms. The van der Waals surface area contributed by atoms with Crippen molar-refractivity contribution in [2.24, 2.45) is 5.92 Å². The highest BCUT2D eigenvalue weighted by Gasteiger charge is 2.22. The number of hydrogen-bond donors (Lipinski definition) is 1. The van der Waals surface area contributed by atoms with Crippen molar-refractivity contribution in [2.75, 3.05) is 40.9 Å². The summed E-state index contributed by atoms with van der Waals surface area (Å²) >= 11 is 0. The predicted octanol–water partition coefficient (Wildman–Crippen LogP) is 1.70. The molecule has 0 radical (unpaired) electrons. The normalized spacial score (nSPS) is 16.3. The molecule has 1 aromatic rings. The summed E-state index contributed by atoms with van der Waals surface area (Å²) in [5.41, 5.74) is 1.13. The summed E-state index contributed by atoms with van der Waals surface area (Å²) in [7, 11) is 5.36. The van der Waals surface area contributed by atoms with E-state index in [1.807, 2.05) is 18.2 Å². The Kier molecular flexibility index (Phi) is 6.07. The van der Waals surface area contributed by atoms with E-state index in [1.54, 1.807) is 14.2 Å². The van der Waals surface area contributed by atoms with Crippen LogP contribution in [0.2, 0.25) is 0 Å². The number of benzene rings is 1. The molecule has 1 aliphatic rings. The van der Waals surface area contributed by atoms with Crippen molar-refractivity contribution in [3.63, 3.8) is 0 Å². The van der Waals surface area contributed by atoms with Gasteiger partial charge in [0.2, 0.25) is 5.91 Å². The van der Waals surface area contributed by atoms with Crippen LogP contribution in [0.4, 0.5) is 0 Å². The molecule has 1 amide bonds. The maximum Gasteiger partial charge on any atom is 0.223 e. The van der Waals surface area contributed by atoms with Gasteiger partial charge in [0.05, 0.1) is 14.2 Å². The van der Waals surface area contributed by atoms with Crippen LogP contribution in [0.25, 0.3) is 0 Å². The van der Waals surface area contributed by atoms with Gasteiger partial charge in [-0.2, -0.15) is 0 Å². The van der Waals surface area contributed by atoms with Crippen LogP contribution in [-0.4, -0.2) is 51.7 Å². The summed E-state index contributed by atoms with van der Waals surface area (Å²) < 4.78 is 10.5. The number of piperidine rings is 1. The highest BCUT2D eigenvalue weighted by atomic mass is 16.5. The zero-order valence-electron chi connectivity index (χ0n) is 13.7. The van der Waals surface area contributed by atoms with E-state index in [0.29, 0.717) is 6.54 Å². The van der Waals surface area contributed by atoms with Gasteiger partial charge in [0.15, 0.2) is 11.5 Å². The van der Waals surface area contributed by atoms with E-state index in [4.69, 9.17) is 9.47 Å². The number of ether oxygens (including phenoxy) is 2. The monoisotopic (exact) mass is 306 g/mol. The van der Waals surface area contributed by atoms with Gasteiger partial charge < -0.3 is 19.7 Å². The molecule has 0 spiro atoms. The van der Waals surface area contributed by atoms with Crippen molar-refractivity contribution >= 4 is 5.91 Å². The molecule has 0 unspecified atom stereocenters. The average Bonchev–Trinajstić information content (AvgIpc) is 2.55. The minimum atomic E-state index is 0.168. The quantitative estimate of drug-likeness (QED) is 0.869. The maximum atomic E-state index is 12.1. The van der Waals surface area contributed by atoms with Crippen molar-refractivity contribution in [1.82, 2.24) is 10.2 Å². The molecule has 0 atom stereocenters. The number of methoxy groups -OCH3 is 2. The van der Waals surface area contributed by atoms with Gasteiger partial charge in [0, 0.05) is 12.5 Å². The molecule has 0 saturated carbocycles. The zero-order valence-corrected chi connectivity index (χ0v) is 13.7. The van der Waals surface area contributed by atoms with Gasteiger partial charge in [-0.05, 0) is 57.1 Å². The Morgan fingerprint density at radius 2 is 1.91 bits per heavy atom. The molecule has 1 aliphatic heterocycles. The Morgan fingerprint density at radius 3 is 2.55 bits per heavy atom. The van der Waals surface area contributed by atoms with E-state index in [-0.39, 0.29) is 11.8 Å². The maximum absolute atomic E-state index is 12.1. The van der Waals surface area contributed by atoms with Crippen LogP contribution < -0.4 is 14.8 Å². The summed E-state index contributed by atoms with van der Waals surface area (Å²) in [6.45, 7) is 2.67. The van der Waals surface area contributed by atoms with Crippen molar-refractivity contribution < 1.29 is 14.3 Å². The first-order valence-electron chi connectivity index (χ1n) is 7.81. The Morgan fingerprint density at radius 1 is 1.23 bits per heavy atom. The second-order valence-corrected chi connectivity index (χ2v) is 5.81. The molecule has 2 rings (SSSR count). The summed E-state index contributed by atoms with van der Waals surface area (Å²) in [6, 6.07) is 5.86. The first kappa shape index (κ1) is 16.6. The average molecular weight is 306 g/mol. The summed E-state index contributed by atoms with van der Waals surface area (Å²) in [5, 5.41) is 3.05. The van der Waals surface area contributed by atoms with Crippen LogP contribution in [0, 0.1) is 5.92 Å². The Labute approximate surface area is 132 Å². The molecule has 1 aromatic carbocycles. The molecule has 1 heterocycles. The predicted molar refractivity (Wildman–Crippen MR) is 86.5 cm³/mol. The van der Waals surface area contributed by atoms with Crippen molar-refractivity contribution in [1.29, 1.82) is 0 Å². The fourth-order valence-electron chi connectivity index (χ4n) is 2.78. The molecule has 0 aromatic heterocycles. The van der Waals surface area contributed by atoms with Crippen molar-refractivity contribution in [3.05, 3.63) is 23.8 Å². The molecule has 0 bridgehead atoms. The second kappa shape index (κ2) is 8.03. The summed E-state index contributed by atoms with van der Waals surface area (Å²) in [5.74, 6) is 1.80. The van der Waals surface area contributed by atoms with Gasteiger partial charge in [-0.3, -0.25) is 4.79 Å². The lowest BCUT2D eigenvalue weighted by Crippen LogP contribution is -2.39. The third kappa shape index (κ3) is 4.37. The second-order valence-electron chi connectivity index (χ2n) is 5.81. The first-order chi connectivity index (χ1) is 10.6. The number of rotatable bonds is 6. The highest BCUT2D eigenvalue weighted by molar-refractivity contribution is 5.78. The molecule has 5 heteroatoms. The highest BCUT2D eigenvalue weighted by Crippen LogP contribution is 2.27. The van der Waals surface area contributed by atoms with Crippen LogP contribution in [-0.2, 0) is 11.2 Å². The molecule has 1 fully saturated rings. The van der Waals surface area contributed by atoms with E-state index in [9.17, 15) is 4.79 Å². The lowest BCUT2D eigenvalue weighted by molar-refractivity contribution is -0.126. The molecular formula is C17H26N2O3. The van der Waals surface area contributed by atoms with Crippen LogP contribution in [0.3, 0.4) is 0 Å². The fraction of sp³-hybridized carbons (Fsp3) is 0.588. The smallest absolute Gasteiger partial charge is 0.223 e. The van der Waals surface area contributed by atoms with Crippen molar-refractivity contribution in [2.45, 2.75) is 19.3 Å². The Balaban J connectivity index is 1.79. The van der Waals surface area contributed by atoms with Gasteiger partial charge in [-0.1, -0.05) is 6.07 Å². The van der Waals surface area contributed by atoms with Crippen LogP contribution >= 0.6 is 0 Å². The molecule has 5 nitrogen and oxygen atoms in total. The number of hydrogen-bond acceptors (Lipinski definition) is 4. The largest absolute Gasteiger partial charge is 0.493 e. The summed E-state index contributed by atoms with van der Waals surface area (Å²) in [4.78, 5) is 14.4. The number of amides is 1. The summed E-state index contributed by atoms with van der Waals surface area (Å²) in [6.07, 6.45) is 2.70. The lowest BCUT2D eigenvalue weighted by atomic mass is 9.96. The molecule has 0 aliphatic carbocycles. The van der Waals surface area contributed by atoms with E-state index in [1.165, 1.54) is 0 Å². The van der Waals surface area contributed by atoms with Gasteiger partial charge >= 0.3 is 0 Å². The van der Waals surface area contributed by atoms with Crippen LogP contribution in [0.5, 0.6) is 11.5 Å². The molecule has 1 saturated heterocycles. The van der Waals surface area contributed by atoms with E-state index >= 15 is 0 Å². The van der Waals surface area contributed by atoms with E-state index in [2.05, 4.69) is 17.3 Å². The Bertz CT molecular complexity index is 497. The van der Waals surface area contributed by atoms with Crippen molar-refractivity contribution in [3.8, 4) is 11.5 Å². The zero-order chi connectivity index (χ0) is 15.9. The number of carbonyl (C=O) groups excluding carboxylic acids is 1. The first-order valence-corrected chi connectivity index (χ1v) is 7.81. The minimum Gasteiger partial charge on any atom is -0.493 e. The van der Waals surface area contributed by atoms with Gasteiger partial charge in [-0.15, -0.1) is 0 Å². The van der Waals surface area contributed by atoms with Gasteiger partial charge in [0.25, 0.3) is 0 Å². The Hall–Kier alpha value is -1.75. The third-order valence-corrected chi connectivity index (χ3v) is 4.25. The fourth-order valence-corrected chi connectivity index (χ4v) is 2.78. The SMILES string of the molecule is COc1ccc(CCNC(=O)C2CCN(C)CC2)cc1OC. The number of nitrogens with one attached hydrogen (secondary N) is 1. The minimum absolute atomic E-state index is 0.168. The number of carbonyl (C=O) groups is 1. The van der Waals surface area contributed by atoms with Gasteiger partial charge in [0.1, 0.15) is 0 Å². The standard InChI is InChI=1S/C17H26N2O3/c1-19-10-7-14(8-11-19)17(20)18-9-6-13-4-5-15(21-2)16(12-13)22-3/h4-5,12,14H,6-11H2,1-3H3,(H,18,20). The van der Waals surface area contributed by atoms with E-state index in [0.717, 1.165) is 49.4 Å². The molecule has 122 valence electrons. The molecular weight excluding hydrogens is 280 g/mol. The van der Waals surface area contributed by atoms with Crippen LogP contribution in [0.1, 0.15) is 18.4 Å². The number of likely N-dealkylation sites (tertiary alicyclic amines) is 1. The molecule has 1 N–H and O–H groups in total. The lowest BCUT2D eigenvalue weighted by Gasteiger charge is -2.28. The number of nitrogens with zero attached hydrogens (tertiary/aromatic N) is 1. The topological polar surface area (TPSA) is 50.8 Å². The van der Waals surface area contributed by atoms with E-state index < -0.39 is 0 Å². The van der Waals surface area contributed by atoms with Crippen LogP contribution in [0.15, 0.2) is 18.2 Å². The van der Waals surface area contributed by atoms with Gasteiger partial charge in [-0.25, -0.2) is 0 Å².